The van der Waals surface area contributed by atoms with E-state index >= 15 is 0 Å². The van der Waals surface area contributed by atoms with E-state index in [1.165, 1.54) is 4.31 Å². The summed E-state index contributed by atoms with van der Waals surface area (Å²) in [7, 11) is -3.46. The molecule has 0 unspecified atom stereocenters. The molecule has 0 saturated carbocycles. The molecule has 1 aromatic rings. The molecule has 0 radical (unpaired) electrons. The van der Waals surface area contributed by atoms with Crippen LogP contribution in [0.15, 0.2) is 23.1 Å². The van der Waals surface area contributed by atoms with Gasteiger partial charge in [-0.1, -0.05) is 13.0 Å². The van der Waals surface area contributed by atoms with Gasteiger partial charge in [0.2, 0.25) is 10.0 Å². The highest BCUT2D eigenvalue weighted by atomic mass is 32.2. The molecule has 1 aromatic carbocycles. The summed E-state index contributed by atoms with van der Waals surface area (Å²) >= 11 is 0. The van der Waals surface area contributed by atoms with Crippen LogP contribution < -0.4 is 5.73 Å². The van der Waals surface area contributed by atoms with Gasteiger partial charge in [0, 0.05) is 18.5 Å². The molecular formula is C15H23N3O2S. The van der Waals surface area contributed by atoms with Crippen molar-refractivity contribution < 1.29 is 8.42 Å². The van der Waals surface area contributed by atoms with Crippen LogP contribution in [-0.2, 0) is 10.0 Å². The quantitative estimate of drug-likeness (QED) is 0.661. The van der Waals surface area contributed by atoms with Crippen molar-refractivity contribution >= 4 is 15.9 Å². The van der Waals surface area contributed by atoms with Crippen LogP contribution in [0, 0.1) is 24.7 Å². The zero-order chi connectivity index (χ0) is 15.8. The lowest BCUT2D eigenvalue weighted by Crippen LogP contribution is -2.47. The van der Waals surface area contributed by atoms with Crippen LogP contribution in [0.3, 0.4) is 0 Å². The SMILES string of the molecule is Cc1ccc(S(=O)(=O)N2CCC(C)(C(=N)N)CC2)cc1C. The zero-order valence-corrected chi connectivity index (χ0v) is 13.6. The molecule has 6 heteroatoms. The predicted octanol–water partition coefficient (Wildman–Crippen LogP) is 2.03. The van der Waals surface area contributed by atoms with Crippen molar-refractivity contribution in [1.82, 2.24) is 4.31 Å². The molecule has 2 rings (SSSR count). The number of hydrogen-bond donors (Lipinski definition) is 2. The monoisotopic (exact) mass is 309 g/mol. The maximum Gasteiger partial charge on any atom is 0.243 e. The Hall–Kier alpha value is -1.40. The number of amidine groups is 1. The third-order valence-corrected chi connectivity index (χ3v) is 6.49. The van der Waals surface area contributed by atoms with Crippen molar-refractivity contribution in [3.8, 4) is 0 Å². The molecule has 1 aliphatic rings. The average Bonchev–Trinajstić information content (AvgIpc) is 2.42. The van der Waals surface area contributed by atoms with E-state index in [-0.39, 0.29) is 11.3 Å². The van der Waals surface area contributed by atoms with Gasteiger partial charge in [-0.3, -0.25) is 5.41 Å². The van der Waals surface area contributed by atoms with Crippen LogP contribution in [0.1, 0.15) is 30.9 Å². The lowest BCUT2D eigenvalue weighted by Gasteiger charge is -2.37. The van der Waals surface area contributed by atoms with Gasteiger partial charge in [0.1, 0.15) is 0 Å². The fourth-order valence-electron chi connectivity index (χ4n) is 2.51. The van der Waals surface area contributed by atoms with Crippen molar-refractivity contribution in [1.29, 1.82) is 5.41 Å². The van der Waals surface area contributed by atoms with E-state index in [2.05, 4.69) is 0 Å². The van der Waals surface area contributed by atoms with Crippen molar-refractivity contribution in [2.24, 2.45) is 11.1 Å². The van der Waals surface area contributed by atoms with E-state index in [9.17, 15) is 8.42 Å². The molecule has 0 aromatic heterocycles. The molecule has 1 fully saturated rings. The van der Waals surface area contributed by atoms with Crippen molar-refractivity contribution in [2.45, 2.75) is 38.5 Å². The van der Waals surface area contributed by atoms with E-state index in [0.29, 0.717) is 30.8 Å². The Bertz CT molecular complexity index is 659. The van der Waals surface area contributed by atoms with Crippen LogP contribution >= 0.6 is 0 Å². The largest absolute Gasteiger partial charge is 0.387 e. The first-order valence-corrected chi connectivity index (χ1v) is 8.53. The maximum absolute atomic E-state index is 12.7. The fourth-order valence-corrected chi connectivity index (χ4v) is 4.04. The van der Waals surface area contributed by atoms with E-state index in [1.54, 1.807) is 12.1 Å². The molecule has 0 bridgehead atoms. The van der Waals surface area contributed by atoms with Gasteiger partial charge in [0.05, 0.1) is 10.7 Å². The molecular weight excluding hydrogens is 286 g/mol. The van der Waals surface area contributed by atoms with Gasteiger partial charge in [-0.2, -0.15) is 4.31 Å². The summed E-state index contributed by atoms with van der Waals surface area (Å²) in [5.41, 5.74) is 7.29. The summed E-state index contributed by atoms with van der Waals surface area (Å²) in [5.74, 6) is 0.144. The van der Waals surface area contributed by atoms with Gasteiger partial charge in [-0.25, -0.2) is 8.42 Å². The first-order chi connectivity index (χ1) is 9.67. The van der Waals surface area contributed by atoms with Crippen molar-refractivity contribution in [3.05, 3.63) is 29.3 Å². The number of rotatable bonds is 3. The van der Waals surface area contributed by atoms with Crippen LogP contribution in [0.2, 0.25) is 0 Å². The third kappa shape index (κ3) is 2.96. The second-order valence-corrected chi connectivity index (χ2v) is 8.06. The molecule has 116 valence electrons. The van der Waals surface area contributed by atoms with Crippen LogP contribution in [0.25, 0.3) is 0 Å². The van der Waals surface area contributed by atoms with E-state index in [4.69, 9.17) is 11.1 Å². The van der Waals surface area contributed by atoms with Crippen LogP contribution in [-0.4, -0.2) is 31.6 Å². The smallest absolute Gasteiger partial charge is 0.243 e. The Kier molecular flexibility index (Phi) is 4.13. The normalized spacial score (nSPS) is 19.4. The molecule has 5 nitrogen and oxygen atoms in total. The molecule has 0 aliphatic carbocycles. The van der Waals surface area contributed by atoms with Gasteiger partial charge in [0.15, 0.2) is 0 Å². The minimum absolute atomic E-state index is 0.144. The summed E-state index contributed by atoms with van der Waals surface area (Å²) in [6.07, 6.45) is 1.18. The van der Waals surface area contributed by atoms with Gasteiger partial charge in [-0.05, 0) is 49.9 Å². The number of nitrogens with two attached hydrogens (primary N) is 1. The Morgan fingerprint density at radius 3 is 2.29 bits per heavy atom. The molecule has 0 amide bonds. The zero-order valence-electron chi connectivity index (χ0n) is 12.8. The highest BCUT2D eigenvalue weighted by Crippen LogP contribution is 2.33. The molecule has 3 N–H and O–H groups in total. The molecule has 1 aliphatic heterocycles. The van der Waals surface area contributed by atoms with Crippen LogP contribution in [0.5, 0.6) is 0 Å². The number of benzene rings is 1. The molecule has 1 heterocycles. The highest BCUT2D eigenvalue weighted by molar-refractivity contribution is 7.89. The number of aryl methyl sites for hydroxylation is 2. The minimum Gasteiger partial charge on any atom is -0.387 e. The van der Waals surface area contributed by atoms with E-state index in [0.717, 1.165) is 11.1 Å². The van der Waals surface area contributed by atoms with Gasteiger partial charge >= 0.3 is 0 Å². The summed E-state index contributed by atoms with van der Waals surface area (Å²) in [6.45, 7) is 6.62. The van der Waals surface area contributed by atoms with Crippen molar-refractivity contribution in [2.75, 3.05) is 13.1 Å². The second kappa shape index (κ2) is 5.42. The summed E-state index contributed by atoms with van der Waals surface area (Å²) in [6, 6.07) is 5.23. The topological polar surface area (TPSA) is 87.2 Å². The Labute approximate surface area is 126 Å². The molecule has 21 heavy (non-hydrogen) atoms. The predicted molar refractivity (Wildman–Crippen MR) is 83.9 cm³/mol. The third-order valence-electron chi connectivity index (χ3n) is 4.59. The lowest BCUT2D eigenvalue weighted by molar-refractivity contribution is 0.240. The average molecular weight is 309 g/mol. The van der Waals surface area contributed by atoms with E-state index < -0.39 is 10.0 Å². The Morgan fingerprint density at radius 1 is 1.24 bits per heavy atom. The Balaban J connectivity index is 2.22. The summed E-state index contributed by atoms with van der Waals surface area (Å²) in [5, 5.41) is 7.63. The highest BCUT2D eigenvalue weighted by Gasteiger charge is 2.37. The second-order valence-electron chi connectivity index (χ2n) is 6.12. The number of nitrogens with zero attached hydrogens (tertiary/aromatic N) is 1. The lowest BCUT2D eigenvalue weighted by atomic mass is 9.80. The minimum atomic E-state index is -3.46. The first-order valence-electron chi connectivity index (χ1n) is 7.09. The number of sulfonamides is 1. The van der Waals surface area contributed by atoms with Gasteiger partial charge in [0.25, 0.3) is 0 Å². The standard InChI is InChI=1S/C15H23N3O2S/c1-11-4-5-13(10-12(11)2)21(19,20)18-8-6-15(3,7-9-18)14(16)17/h4-5,10H,6-9H2,1-3H3,(H3,16,17). The van der Waals surface area contributed by atoms with Gasteiger partial charge < -0.3 is 5.73 Å². The summed E-state index contributed by atoms with van der Waals surface area (Å²) in [4.78, 5) is 0.344. The van der Waals surface area contributed by atoms with Gasteiger partial charge in [-0.15, -0.1) is 0 Å². The molecule has 0 spiro atoms. The maximum atomic E-state index is 12.7. The summed E-state index contributed by atoms with van der Waals surface area (Å²) < 4.78 is 26.8. The Morgan fingerprint density at radius 2 is 1.81 bits per heavy atom. The number of nitrogens with one attached hydrogen (secondary N) is 1. The van der Waals surface area contributed by atoms with Crippen LogP contribution in [0.4, 0.5) is 0 Å². The molecule has 0 atom stereocenters. The number of hydrogen-bond acceptors (Lipinski definition) is 3. The van der Waals surface area contributed by atoms with Crippen molar-refractivity contribution in [3.63, 3.8) is 0 Å². The first kappa shape index (κ1) is 16.0. The molecule has 1 saturated heterocycles. The van der Waals surface area contributed by atoms with E-state index in [1.807, 2.05) is 26.8 Å². The fraction of sp³-hybridized carbons (Fsp3) is 0.533. The number of piperidine rings is 1.